The van der Waals surface area contributed by atoms with Crippen LogP contribution in [0.2, 0.25) is 0 Å². The van der Waals surface area contributed by atoms with E-state index in [1.54, 1.807) is 0 Å². The Morgan fingerprint density at radius 1 is 1.10 bits per heavy atom. The molecule has 1 saturated heterocycles. The predicted molar refractivity (Wildman–Crippen MR) is 132 cm³/mol. The minimum Gasteiger partial charge on any atom is -0.475 e. The van der Waals surface area contributed by atoms with Crippen molar-refractivity contribution >= 4 is 29.4 Å². The number of carboxylic acids is 2. The van der Waals surface area contributed by atoms with E-state index in [1.165, 1.54) is 24.4 Å². The van der Waals surface area contributed by atoms with Crippen LogP contribution in [0.15, 0.2) is 6.07 Å². The zero-order valence-electron chi connectivity index (χ0n) is 22.3. The van der Waals surface area contributed by atoms with Crippen LogP contribution in [0.25, 0.3) is 0 Å². The summed E-state index contributed by atoms with van der Waals surface area (Å²) in [5, 5.41) is 28.8. The van der Waals surface area contributed by atoms with Gasteiger partial charge in [0.05, 0.1) is 10.6 Å². The second-order valence-corrected chi connectivity index (χ2v) is 10.9. The summed E-state index contributed by atoms with van der Waals surface area (Å²) in [5.74, 6) is -5.29. The fourth-order valence-corrected chi connectivity index (χ4v) is 5.09. The van der Waals surface area contributed by atoms with Gasteiger partial charge in [0.25, 0.3) is 5.91 Å². The van der Waals surface area contributed by atoms with Gasteiger partial charge in [0.1, 0.15) is 0 Å². The standard InChI is InChI=1S/C19H28N6OS.2C2HF3O2/c1-12(2)17-16(23-24-27-17)18(26)20-15-9-19(10-15)4-6-25(7-5-19)11-14-8-13(3)21-22-14;2*3-2(4,5)1(6)7/h8,12,15H,4-7,9-11H2,1-3H3,(H,20,26)(H,21,22);2*(H,6,7). The van der Waals surface area contributed by atoms with E-state index in [1.807, 2.05) is 6.92 Å². The quantitative estimate of drug-likeness (QED) is 0.362. The van der Waals surface area contributed by atoms with Gasteiger partial charge in [-0.1, -0.05) is 18.3 Å². The lowest BCUT2D eigenvalue weighted by Gasteiger charge is -2.52. The first-order valence-corrected chi connectivity index (χ1v) is 13.1. The number of H-pyrrole nitrogens is 1. The summed E-state index contributed by atoms with van der Waals surface area (Å²) in [7, 11) is 0. The Labute approximate surface area is 234 Å². The molecule has 1 spiro atoms. The number of nitrogens with zero attached hydrogens (tertiary/aromatic N) is 4. The number of aromatic nitrogens is 4. The molecule has 0 atom stereocenters. The average Bonchev–Trinajstić information content (AvgIpc) is 3.48. The Kier molecular flexibility index (Phi) is 11.2. The van der Waals surface area contributed by atoms with Gasteiger partial charge in [0.2, 0.25) is 0 Å². The third-order valence-corrected chi connectivity index (χ3v) is 7.52. The van der Waals surface area contributed by atoms with Crippen molar-refractivity contribution in [3.63, 3.8) is 0 Å². The van der Waals surface area contributed by atoms with Crippen molar-refractivity contribution in [3.8, 4) is 0 Å². The highest BCUT2D eigenvalue weighted by Crippen LogP contribution is 2.49. The normalized spacial score (nSPS) is 17.1. The van der Waals surface area contributed by atoms with Gasteiger partial charge in [0, 0.05) is 18.3 Å². The van der Waals surface area contributed by atoms with Gasteiger partial charge in [-0.25, -0.2) is 9.59 Å². The van der Waals surface area contributed by atoms with Crippen LogP contribution in [0, 0.1) is 12.3 Å². The average molecular weight is 617 g/mol. The zero-order chi connectivity index (χ0) is 31.2. The first-order valence-electron chi connectivity index (χ1n) is 12.3. The van der Waals surface area contributed by atoms with E-state index in [9.17, 15) is 31.1 Å². The molecule has 2 aromatic heterocycles. The van der Waals surface area contributed by atoms with Crippen LogP contribution >= 0.6 is 11.5 Å². The van der Waals surface area contributed by atoms with Crippen molar-refractivity contribution in [1.29, 1.82) is 0 Å². The van der Waals surface area contributed by atoms with E-state index in [4.69, 9.17) is 19.8 Å². The molecule has 2 fully saturated rings. The molecule has 0 radical (unpaired) electrons. The fraction of sp³-hybridized carbons (Fsp3) is 0.652. The molecule has 3 heterocycles. The van der Waals surface area contributed by atoms with Gasteiger partial charge in [-0.05, 0) is 74.6 Å². The largest absolute Gasteiger partial charge is 0.490 e. The molecule has 18 heteroatoms. The van der Waals surface area contributed by atoms with Crippen molar-refractivity contribution in [3.05, 3.63) is 28.0 Å². The molecular formula is C23H30F6N6O5S. The van der Waals surface area contributed by atoms with Crippen LogP contribution in [0.1, 0.15) is 72.2 Å². The lowest BCUT2D eigenvalue weighted by Crippen LogP contribution is -2.54. The number of amides is 1. The van der Waals surface area contributed by atoms with E-state index < -0.39 is 24.3 Å². The van der Waals surface area contributed by atoms with Crippen LogP contribution in [0.4, 0.5) is 26.3 Å². The number of aliphatic carboxylic acids is 2. The topological polar surface area (TPSA) is 161 Å². The molecule has 2 aromatic rings. The lowest BCUT2D eigenvalue weighted by atomic mass is 9.60. The second-order valence-electron chi connectivity index (χ2n) is 10.1. The van der Waals surface area contributed by atoms with E-state index in [2.05, 4.69) is 49.9 Å². The van der Waals surface area contributed by atoms with Crippen molar-refractivity contribution in [2.45, 2.75) is 77.3 Å². The minimum absolute atomic E-state index is 0.0568. The van der Waals surface area contributed by atoms with Gasteiger partial charge in [-0.2, -0.15) is 31.4 Å². The highest BCUT2D eigenvalue weighted by atomic mass is 32.1. The molecule has 2 aliphatic rings. The van der Waals surface area contributed by atoms with Crippen LogP contribution < -0.4 is 5.32 Å². The first kappa shape index (κ1) is 33.9. The molecule has 1 aliphatic heterocycles. The van der Waals surface area contributed by atoms with Crippen molar-refractivity contribution in [1.82, 2.24) is 30.0 Å². The molecule has 11 nitrogen and oxygen atoms in total. The molecule has 1 saturated carbocycles. The Balaban J connectivity index is 0.000000349. The third kappa shape index (κ3) is 10.2. The highest BCUT2D eigenvalue weighted by molar-refractivity contribution is 7.05. The molecule has 4 N–H and O–H groups in total. The van der Waals surface area contributed by atoms with E-state index in [0.29, 0.717) is 11.1 Å². The maximum atomic E-state index is 12.5. The number of aryl methyl sites for hydroxylation is 1. The number of alkyl halides is 6. The minimum atomic E-state index is -5.08. The number of nitrogens with one attached hydrogen (secondary N) is 2. The van der Waals surface area contributed by atoms with Gasteiger partial charge < -0.3 is 15.5 Å². The molecule has 1 aliphatic carbocycles. The number of carbonyl (C=O) groups excluding carboxylic acids is 1. The summed E-state index contributed by atoms with van der Waals surface area (Å²) < 4.78 is 67.4. The van der Waals surface area contributed by atoms with E-state index in [-0.39, 0.29) is 17.9 Å². The van der Waals surface area contributed by atoms with Crippen LogP contribution in [0.3, 0.4) is 0 Å². The first-order chi connectivity index (χ1) is 18.8. The zero-order valence-corrected chi connectivity index (χ0v) is 23.1. The third-order valence-electron chi connectivity index (χ3n) is 6.49. The number of hydrogen-bond donors (Lipinski definition) is 4. The Hall–Kier alpha value is -3.28. The van der Waals surface area contributed by atoms with Gasteiger partial charge in [-0.15, -0.1) is 5.10 Å². The number of carboxylic acid groups (broad SMARTS) is 2. The maximum Gasteiger partial charge on any atom is 0.490 e. The number of piperidine rings is 1. The molecule has 1 amide bonds. The molecule has 0 unspecified atom stereocenters. The smallest absolute Gasteiger partial charge is 0.475 e. The molecule has 0 aromatic carbocycles. The lowest BCUT2D eigenvalue weighted by molar-refractivity contribution is -0.193. The van der Waals surface area contributed by atoms with Crippen molar-refractivity contribution in [2.24, 2.45) is 5.41 Å². The van der Waals surface area contributed by atoms with Crippen LogP contribution in [0.5, 0.6) is 0 Å². The summed E-state index contributed by atoms with van der Waals surface area (Å²) in [6.45, 7) is 9.33. The molecule has 230 valence electrons. The Bertz CT molecular complexity index is 1160. The van der Waals surface area contributed by atoms with E-state index >= 15 is 0 Å². The number of hydrogen-bond acceptors (Lipinski definition) is 8. The van der Waals surface area contributed by atoms with Gasteiger partial charge >= 0.3 is 24.3 Å². The van der Waals surface area contributed by atoms with Crippen LogP contribution in [-0.4, -0.2) is 84.2 Å². The Morgan fingerprint density at radius 2 is 1.61 bits per heavy atom. The van der Waals surface area contributed by atoms with E-state index in [0.717, 1.165) is 48.7 Å². The fourth-order valence-electron chi connectivity index (χ4n) is 4.45. The molecular weight excluding hydrogens is 586 g/mol. The number of likely N-dealkylation sites (tertiary alicyclic amines) is 1. The summed E-state index contributed by atoms with van der Waals surface area (Å²) in [6, 6.07) is 2.40. The summed E-state index contributed by atoms with van der Waals surface area (Å²) >= 11 is 1.33. The molecule has 41 heavy (non-hydrogen) atoms. The summed E-state index contributed by atoms with van der Waals surface area (Å²) in [5.41, 5.74) is 3.17. The molecule has 0 bridgehead atoms. The van der Waals surface area contributed by atoms with Crippen molar-refractivity contribution in [2.75, 3.05) is 13.1 Å². The number of rotatable bonds is 5. The number of carbonyl (C=O) groups is 3. The summed E-state index contributed by atoms with van der Waals surface area (Å²) in [4.78, 5) is 33.8. The monoisotopic (exact) mass is 616 g/mol. The maximum absolute atomic E-state index is 12.5. The SMILES string of the molecule is Cc1cc(CN2CCC3(CC2)CC(NC(=O)c2nnsc2C(C)C)C3)n[nH]1.O=C(O)C(F)(F)F.O=C(O)C(F)(F)F. The van der Waals surface area contributed by atoms with Gasteiger partial charge in [0.15, 0.2) is 5.69 Å². The van der Waals surface area contributed by atoms with Crippen molar-refractivity contribution < 1.29 is 50.9 Å². The summed E-state index contributed by atoms with van der Waals surface area (Å²) in [6.07, 6.45) is -5.58. The van der Waals surface area contributed by atoms with Gasteiger partial charge in [-0.3, -0.25) is 14.8 Å². The Morgan fingerprint density at radius 3 is 2.02 bits per heavy atom. The number of halogens is 6. The predicted octanol–water partition coefficient (Wildman–Crippen LogP) is 4.13. The molecule has 4 rings (SSSR count). The second kappa shape index (κ2) is 13.6. The van der Waals surface area contributed by atoms with Crippen LogP contribution in [-0.2, 0) is 16.1 Å². The highest BCUT2D eigenvalue weighted by Gasteiger charge is 2.46. The number of aromatic amines is 1.